The number of nitrogens with two attached hydrogens (primary N) is 1. The van der Waals surface area contributed by atoms with E-state index in [4.69, 9.17) is 5.73 Å². The maximum absolute atomic E-state index is 12.6. The van der Waals surface area contributed by atoms with Crippen molar-refractivity contribution in [3.63, 3.8) is 0 Å². The van der Waals surface area contributed by atoms with Gasteiger partial charge in [-0.05, 0) is 13.2 Å². The van der Waals surface area contributed by atoms with E-state index in [0.29, 0.717) is 12.1 Å². The Morgan fingerprint density at radius 1 is 1.45 bits per heavy atom. The van der Waals surface area contributed by atoms with Crippen molar-refractivity contribution >= 4 is 57.1 Å². The van der Waals surface area contributed by atoms with Crippen LogP contribution < -0.4 is 15.2 Å². The number of aliphatic hydroxyl groups excluding tert-OH is 1. The van der Waals surface area contributed by atoms with Crippen molar-refractivity contribution in [2.75, 3.05) is 24.3 Å². The van der Waals surface area contributed by atoms with E-state index in [9.17, 15) is 19.8 Å². The topological polar surface area (TPSA) is 116 Å². The fourth-order valence-corrected chi connectivity index (χ4v) is 7.55. The average molecular weight is 483 g/mol. The summed E-state index contributed by atoms with van der Waals surface area (Å²) in [4.78, 5) is 27.7. The van der Waals surface area contributed by atoms with Crippen LogP contribution in [0.25, 0.3) is 10.4 Å². The zero-order chi connectivity index (χ0) is 22.4. The summed E-state index contributed by atoms with van der Waals surface area (Å²) in [5.74, 6) is -0.576. The number of amides is 1. The van der Waals surface area contributed by atoms with Crippen molar-refractivity contribution in [2.45, 2.75) is 37.6 Å². The van der Waals surface area contributed by atoms with Crippen LogP contribution in [0.3, 0.4) is 0 Å². The van der Waals surface area contributed by atoms with Gasteiger partial charge in [-0.15, -0.1) is 0 Å². The number of hydrogen-bond donors (Lipinski definition) is 2. The van der Waals surface area contributed by atoms with E-state index >= 15 is 0 Å². The fraction of sp³-hybridized carbons (Fsp3) is 0.550. The highest BCUT2D eigenvalue weighted by molar-refractivity contribution is 7.99. The minimum atomic E-state index is -1.35. The number of carboxylic acid groups (broad SMARTS) is 1. The Hall–Kier alpha value is -1.53. The molecule has 1 fully saturated rings. The second kappa shape index (κ2) is 8.78. The van der Waals surface area contributed by atoms with Crippen molar-refractivity contribution in [1.29, 1.82) is 0 Å². The maximum Gasteiger partial charge on any atom is 0.250 e. The van der Waals surface area contributed by atoms with Crippen LogP contribution in [0.2, 0.25) is 0 Å². The van der Waals surface area contributed by atoms with E-state index in [0.717, 1.165) is 32.8 Å². The zero-order valence-corrected chi connectivity index (χ0v) is 20.1. The zero-order valence-electron chi connectivity index (χ0n) is 17.6. The molecule has 31 heavy (non-hydrogen) atoms. The molecule has 0 spiro atoms. The minimum absolute atomic E-state index is 0.0549. The number of fused-ring (bicyclic) bond motifs is 2. The lowest BCUT2D eigenvalue weighted by atomic mass is 9.77. The molecule has 0 saturated carbocycles. The molecule has 4 heterocycles. The average Bonchev–Trinajstić information content (AvgIpc) is 3.32. The van der Waals surface area contributed by atoms with E-state index in [1.165, 1.54) is 16.2 Å². The van der Waals surface area contributed by atoms with Crippen LogP contribution in [0.1, 0.15) is 18.7 Å². The van der Waals surface area contributed by atoms with Crippen LogP contribution in [-0.4, -0.2) is 62.9 Å². The number of aliphatic carboxylic acids is 1. The van der Waals surface area contributed by atoms with Gasteiger partial charge in [0.15, 0.2) is 0 Å². The van der Waals surface area contributed by atoms with Crippen LogP contribution >= 0.6 is 34.9 Å². The maximum atomic E-state index is 12.6. The number of aliphatic hydroxyl groups is 1. The van der Waals surface area contributed by atoms with E-state index < -0.39 is 18.0 Å². The first-order chi connectivity index (χ1) is 14.8. The summed E-state index contributed by atoms with van der Waals surface area (Å²) in [7, 11) is 0. The molecule has 168 valence electrons. The van der Waals surface area contributed by atoms with Crippen LogP contribution in [0.4, 0.5) is 0 Å². The SMILES string of the molecule is CSc1c2sc(C3=C(C(=O)[O-])N4C(=O)[C@H]([C@@H](C)O)[C@H]4[C@H]3C)c[n+]2cn1CCSCCN. The first-order valence-corrected chi connectivity index (χ1v) is 13.3. The number of β-lactam (4-membered cyclic amide) rings is 1. The third-order valence-corrected chi connectivity index (χ3v) is 9.05. The van der Waals surface area contributed by atoms with E-state index in [2.05, 4.69) is 4.57 Å². The van der Waals surface area contributed by atoms with Gasteiger partial charge in [0, 0.05) is 29.5 Å². The highest BCUT2D eigenvalue weighted by Gasteiger charge is 2.59. The minimum Gasteiger partial charge on any atom is -0.543 e. The molecule has 0 aromatic carbocycles. The number of carbonyl (C=O) groups is 2. The monoisotopic (exact) mass is 482 g/mol. The summed E-state index contributed by atoms with van der Waals surface area (Å²) in [6.45, 7) is 5.04. The third-order valence-electron chi connectivity index (χ3n) is 5.97. The van der Waals surface area contributed by atoms with E-state index in [1.54, 1.807) is 18.7 Å². The first-order valence-electron chi connectivity index (χ1n) is 10.1. The Morgan fingerprint density at radius 3 is 2.81 bits per heavy atom. The first kappa shape index (κ1) is 22.7. The van der Waals surface area contributed by atoms with E-state index in [-0.39, 0.29) is 23.6 Å². The van der Waals surface area contributed by atoms with Gasteiger partial charge in [0.25, 0.3) is 6.33 Å². The van der Waals surface area contributed by atoms with E-state index in [1.807, 2.05) is 41.9 Å². The Balaban J connectivity index is 1.70. The van der Waals surface area contributed by atoms with Crippen LogP contribution in [-0.2, 0) is 16.1 Å². The number of hydrogen-bond acceptors (Lipinski definition) is 8. The van der Waals surface area contributed by atoms with Gasteiger partial charge < -0.3 is 25.6 Å². The number of thiazole rings is 1. The molecule has 4 atom stereocenters. The van der Waals surface area contributed by atoms with Gasteiger partial charge >= 0.3 is 0 Å². The molecule has 8 nitrogen and oxygen atoms in total. The predicted molar refractivity (Wildman–Crippen MR) is 121 cm³/mol. The van der Waals surface area contributed by atoms with Gasteiger partial charge in [0.1, 0.15) is 12.7 Å². The molecule has 2 aromatic heterocycles. The molecule has 2 aromatic rings. The number of carboxylic acids is 1. The summed E-state index contributed by atoms with van der Waals surface area (Å²) < 4.78 is 4.23. The van der Waals surface area contributed by atoms with Gasteiger partial charge in [-0.2, -0.15) is 16.2 Å². The largest absolute Gasteiger partial charge is 0.543 e. The number of nitrogens with zero attached hydrogens (tertiary/aromatic N) is 3. The number of aryl methyl sites for hydroxylation is 1. The number of thioether (sulfide) groups is 2. The Kier molecular flexibility index (Phi) is 6.42. The Bertz CT molecular complexity index is 1060. The molecule has 11 heteroatoms. The smallest absolute Gasteiger partial charge is 0.250 e. The lowest BCUT2D eigenvalue weighted by molar-refractivity contribution is -0.508. The molecule has 4 rings (SSSR count). The van der Waals surface area contributed by atoms with Crippen molar-refractivity contribution in [3.8, 4) is 0 Å². The molecule has 2 aliphatic heterocycles. The molecule has 0 bridgehead atoms. The standard InChI is InChI=1S/C20H26N4O4S3/c1-10-13(16(20(27)28)24-15(10)14(11(2)25)17(24)26)12-8-23-9-22(5-7-30-6-4-21)18(29-3)19(23)31-12/h8-11,14-15,25H,4-7,21H2,1-3H3/t10-,11+,14+,15+/m0/s1. The summed E-state index contributed by atoms with van der Waals surface area (Å²) in [5, 5.41) is 23.1. The van der Waals surface area contributed by atoms with Crippen LogP contribution in [0.5, 0.6) is 0 Å². The van der Waals surface area contributed by atoms with Crippen LogP contribution in [0, 0.1) is 11.8 Å². The molecular formula is C20H26N4O4S3. The van der Waals surface area contributed by atoms with Crippen molar-refractivity contribution < 1.29 is 24.2 Å². The lowest BCUT2D eigenvalue weighted by Gasteiger charge is -2.47. The highest BCUT2D eigenvalue weighted by atomic mass is 32.2. The van der Waals surface area contributed by atoms with Gasteiger partial charge in [-0.3, -0.25) is 4.79 Å². The summed E-state index contributed by atoms with van der Waals surface area (Å²) in [5.41, 5.74) is 6.13. The lowest BCUT2D eigenvalue weighted by Crippen LogP contribution is -2.64. The predicted octanol–water partition coefficient (Wildman–Crippen LogP) is 0.0206. The Morgan fingerprint density at radius 2 is 2.19 bits per heavy atom. The normalized spacial score (nSPS) is 24.1. The molecule has 0 aliphatic carbocycles. The van der Waals surface area contributed by atoms with Crippen LogP contribution in [0.15, 0.2) is 23.2 Å². The number of imidazole rings is 1. The molecule has 1 amide bonds. The second-order valence-electron chi connectivity index (χ2n) is 7.83. The van der Waals surface area contributed by atoms with Gasteiger partial charge in [-0.25, -0.2) is 4.57 Å². The molecule has 2 aliphatic rings. The molecule has 1 saturated heterocycles. The molecule has 0 radical (unpaired) electrons. The fourth-order valence-electron chi connectivity index (χ4n) is 4.65. The Labute approximate surface area is 193 Å². The molecule has 3 N–H and O–H groups in total. The van der Waals surface area contributed by atoms with Gasteiger partial charge in [0.2, 0.25) is 15.8 Å². The van der Waals surface area contributed by atoms with Gasteiger partial charge in [-0.1, -0.05) is 30.0 Å². The third kappa shape index (κ3) is 3.60. The summed E-state index contributed by atoms with van der Waals surface area (Å²) in [6.07, 6.45) is 5.17. The second-order valence-corrected chi connectivity index (χ2v) is 10.9. The van der Waals surface area contributed by atoms with Crippen molar-refractivity contribution in [2.24, 2.45) is 17.6 Å². The number of aromatic nitrogens is 2. The molecular weight excluding hydrogens is 456 g/mol. The quantitative estimate of drug-likeness (QED) is 0.224. The summed E-state index contributed by atoms with van der Waals surface area (Å²) in [6, 6.07) is -0.346. The van der Waals surface area contributed by atoms with Gasteiger partial charge in [0.05, 0.1) is 34.6 Å². The highest BCUT2D eigenvalue weighted by Crippen LogP contribution is 2.51. The summed E-state index contributed by atoms with van der Waals surface area (Å²) >= 11 is 5.00. The van der Waals surface area contributed by atoms with Crippen molar-refractivity contribution in [3.05, 3.63) is 23.1 Å². The van der Waals surface area contributed by atoms with Crippen molar-refractivity contribution in [1.82, 2.24) is 9.47 Å². The molecule has 0 unspecified atom stereocenters. The number of rotatable bonds is 9. The number of carbonyl (C=O) groups excluding carboxylic acids is 2.